The van der Waals surface area contributed by atoms with Crippen molar-refractivity contribution in [3.63, 3.8) is 0 Å². The Hall–Kier alpha value is -2.28. The third-order valence-corrected chi connectivity index (χ3v) is 5.36. The number of benzene rings is 1. The quantitative estimate of drug-likeness (QED) is 0.539. The van der Waals surface area contributed by atoms with E-state index in [-0.39, 0.29) is 11.3 Å². The summed E-state index contributed by atoms with van der Waals surface area (Å²) >= 11 is 1.45. The molecule has 0 unspecified atom stereocenters. The largest absolute Gasteiger partial charge is 0.422 e. The number of aryl methyl sites for hydroxylation is 2. The molecule has 1 N–H and O–H groups in total. The van der Waals surface area contributed by atoms with Gasteiger partial charge in [0.25, 0.3) is 0 Å². The fourth-order valence-corrected chi connectivity index (χ4v) is 3.68. The van der Waals surface area contributed by atoms with Crippen LogP contribution in [0.3, 0.4) is 0 Å². The van der Waals surface area contributed by atoms with E-state index in [9.17, 15) is 9.59 Å². The van der Waals surface area contributed by atoms with Gasteiger partial charge >= 0.3 is 11.3 Å². The lowest BCUT2D eigenvalue weighted by atomic mass is 10.0. The molecule has 0 aliphatic heterocycles. The maximum absolute atomic E-state index is 11.9. The molecule has 2 aromatic heterocycles. The highest BCUT2D eigenvalue weighted by Crippen LogP contribution is 2.27. The van der Waals surface area contributed by atoms with Crippen LogP contribution in [-0.4, -0.2) is 14.8 Å². The van der Waals surface area contributed by atoms with E-state index in [1.807, 2.05) is 26.0 Å². The van der Waals surface area contributed by atoms with Gasteiger partial charge in [0, 0.05) is 23.8 Å². The number of nitrogens with one attached hydrogen (secondary N) is 1. The molecule has 0 aliphatic rings. The predicted octanol–water partition coefficient (Wildman–Crippen LogP) is 3.39. The van der Waals surface area contributed by atoms with Gasteiger partial charge in [-0.05, 0) is 37.0 Å². The number of thioether (sulfide) groups is 1. The SMILES string of the molecule is CCCCn1c(SCc2cc(=O)oc3c(C)c(C)ccc23)n[nH]c1=O. The molecule has 7 heteroatoms. The highest BCUT2D eigenvalue weighted by Gasteiger charge is 2.13. The summed E-state index contributed by atoms with van der Waals surface area (Å²) in [6, 6.07) is 5.52. The first-order chi connectivity index (χ1) is 12.0. The van der Waals surface area contributed by atoms with Crippen LogP contribution in [0.15, 0.2) is 37.4 Å². The molecule has 2 heterocycles. The summed E-state index contributed by atoms with van der Waals surface area (Å²) in [5.74, 6) is 0.543. The van der Waals surface area contributed by atoms with E-state index in [0.717, 1.165) is 34.9 Å². The first-order valence-corrected chi connectivity index (χ1v) is 9.30. The molecular formula is C18H21N3O3S. The van der Waals surface area contributed by atoms with Crippen LogP contribution in [0.25, 0.3) is 11.0 Å². The van der Waals surface area contributed by atoms with Crippen LogP contribution in [0.1, 0.15) is 36.5 Å². The van der Waals surface area contributed by atoms with E-state index in [1.54, 1.807) is 4.57 Å². The summed E-state index contributed by atoms with van der Waals surface area (Å²) < 4.78 is 7.06. The normalized spacial score (nSPS) is 11.3. The van der Waals surface area contributed by atoms with E-state index in [0.29, 0.717) is 23.0 Å². The highest BCUT2D eigenvalue weighted by molar-refractivity contribution is 7.98. The van der Waals surface area contributed by atoms with Crippen LogP contribution in [0.5, 0.6) is 0 Å². The van der Waals surface area contributed by atoms with Crippen molar-refractivity contribution in [2.24, 2.45) is 0 Å². The molecule has 0 aliphatic carbocycles. The van der Waals surface area contributed by atoms with Crippen molar-refractivity contribution in [3.8, 4) is 0 Å². The third kappa shape index (κ3) is 3.56. The first kappa shape index (κ1) is 17.5. The van der Waals surface area contributed by atoms with Gasteiger partial charge in [-0.3, -0.25) is 4.57 Å². The molecule has 0 radical (unpaired) electrons. The summed E-state index contributed by atoms with van der Waals surface area (Å²) in [6.45, 7) is 6.67. The van der Waals surface area contributed by atoms with Crippen LogP contribution in [-0.2, 0) is 12.3 Å². The van der Waals surface area contributed by atoms with Crippen LogP contribution >= 0.6 is 11.8 Å². The van der Waals surface area contributed by atoms with Crippen molar-refractivity contribution >= 4 is 22.7 Å². The number of hydrogen-bond acceptors (Lipinski definition) is 5. The van der Waals surface area contributed by atoms with E-state index >= 15 is 0 Å². The van der Waals surface area contributed by atoms with Gasteiger partial charge < -0.3 is 4.42 Å². The van der Waals surface area contributed by atoms with E-state index in [1.165, 1.54) is 17.8 Å². The molecule has 1 aromatic carbocycles. The minimum absolute atomic E-state index is 0.195. The topological polar surface area (TPSA) is 80.9 Å². The molecule has 3 aromatic rings. The van der Waals surface area contributed by atoms with Gasteiger partial charge in [0.05, 0.1) is 0 Å². The smallest absolute Gasteiger partial charge is 0.343 e. The first-order valence-electron chi connectivity index (χ1n) is 8.32. The monoisotopic (exact) mass is 359 g/mol. The molecule has 0 bridgehead atoms. The molecule has 25 heavy (non-hydrogen) atoms. The Kier molecular flexibility index (Phi) is 5.13. The Morgan fingerprint density at radius 3 is 2.84 bits per heavy atom. The third-order valence-electron chi connectivity index (χ3n) is 4.33. The van der Waals surface area contributed by atoms with Gasteiger partial charge in [0.1, 0.15) is 5.58 Å². The summed E-state index contributed by atoms with van der Waals surface area (Å²) in [5.41, 5.74) is 3.02. The standard InChI is InChI=1S/C18H21N3O3S/c1-4-5-8-21-17(23)19-20-18(21)25-10-13-9-15(22)24-16-12(3)11(2)6-7-14(13)16/h6-7,9H,4-5,8,10H2,1-3H3,(H,19,23). The lowest BCUT2D eigenvalue weighted by Gasteiger charge is -2.09. The lowest BCUT2D eigenvalue weighted by molar-refractivity contribution is 0.557. The van der Waals surface area contributed by atoms with Crippen LogP contribution in [0.2, 0.25) is 0 Å². The van der Waals surface area contributed by atoms with E-state index in [2.05, 4.69) is 17.1 Å². The minimum atomic E-state index is -0.359. The Balaban J connectivity index is 1.93. The Morgan fingerprint density at radius 1 is 1.28 bits per heavy atom. The van der Waals surface area contributed by atoms with Crippen LogP contribution < -0.4 is 11.3 Å². The average molecular weight is 359 g/mol. The number of hydrogen-bond donors (Lipinski definition) is 1. The van der Waals surface area contributed by atoms with Gasteiger partial charge in [-0.15, -0.1) is 5.10 Å². The Morgan fingerprint density at radius 2 is 2.08 bits per heavy atom. The number of rotatable bonds is 6. The highest BCUT2D eigenvalue weighted by atomic mass is 32.2. The average Bonchev–Trinajstić information content (AvgIpc) is 2.94. The van der Waals surface area contributed by atoms with Crippen LogP contribution in [0, 0.1) is 13.8 Å². The minimum Gasteiger partial charge on any atom is -0.422 e. The second-order valence-electron chi connectivity index (χ2n) is 6.08. The Bertz CT molecular complexity index is 1020. The maximum Gasteiger partial charge on any atom is 0.343 e. The Labute approximate surface area is 149 Å². The molecule has 0 saturated heterocycles. The zero-order chi connectivity index (χ0) is 18.0. The summed E-state index contributed by atoms with van der Waals surface area (Å²) in [6.07, 6.45) is 1.92. The second kappa shape index (κ2) is 7.31. The van der Waals surface area contributed by atoms with E-state index in [4.69, 9.17) is 4.42 Å². The zero-order valence-corrected chi connectivity index (χ0v) is 15.4. The van der Waals surface area contributed by atoms with Crippen molar-refractivity contribution in [2.45, 2.75) is 51.1 Å². The van der Waals surface area contributed by atoms with E-state index < -0.39 is 0 Å². The zero-order valence-electron chi connectivity index (χ0n) is 14.6. The molecule has 0 amide bonds. The number of nitrogens with zero attached hydrogens (tertiary/aromatic N) is 2. The summed E-state index contributed by atoms with van der Waals surface area (Å²) in [7, 11) is 0. The molecular weight excluding hydrogens is 338 g/mol. The summed E-state index contributed by atoms with van der Waals surface area (Å²) in [4.78, 5) is 23.8. The second-order valence-corrected chi connectivity index (χ2v) is 7.02. The lowest BCUT2D eigenvalue weighted by Crippen LogP contribution is -2.17. The summed E-state index contributed by atoms with van der Waals surface area (Å²) in [5, 5.41) is 8.18. The molecule has 132 valence electrons. The van der Waals surface area contributed by atoms with Gasteiger partial charge in [-0.25, -0.2) is 14.7 Å². The maximum atomic E-state index is 11.9. The molecule has 0 fully saturated rings. The van der Waals surface area contributed by atoms with Crippen molar-refractivity contribution in [1.29, 1.82) is 0 Å². The number of H-pyrrole nitrogens is 1. The van der Waals surface area contributed by atoms with Crippen molar-refractivity contribution in [1.82, 2.24) is 14.8 Å². The molecule has 0 spiro atoms. The fourth-order valence-electron chi connectivity index (χ4n) is 2.71. The molecule has 6 nitrogen and oxygen atoms in total. The van der Waals surface area contributed by atoms with Gasteiger partial charge in [-0.1, -0.05) is 37.2 Å². The number of unbranched alkanes of at least 4 members (excludes halogenated alkanes) is 1. The van der Waals surface area contributed by atoms with Gasteiger partial charge in [-0.2, -0.15) is 0 Å². The molecule has 0 atom stereocenters. The molecule has 3 rings (SSSR count). The fraction of sp³-hybridized carbons (Fsp3) is 0.389. The number of aromatic nitrogens is 3. The van der Waals surface area contributed by atoms with Crippen molar-refractivity contribution in [3.05, 3.63) is 55.8 Å². The molecule has 0 saturated carbocycles. The van der Waals surface area contributed by atoms with Crippen LogP contribution in [0.4, 0.5) is 0 Å². The van der Waals surface area contributed by atoms with Crippen molar-refractivity contribution in [2.75, 3.05) is 0 Å². The number of fused-ring (bicyclic) bond motifs is 1. The van der Waals surface area contributed by atoms with Gasteiger partial charge in [0.2, 0.25) is 0 Å². The predicted molar refractivity (Wildman–Crippen MR) is 99.3 cm³/mol. The number of aromatic amines is 1. The van der Waals surface area contributed by atoms with Crippen molar-refractivity contribution < 1.29 is 4.42 Å². The van der Waals surface area contributed by atoms with Gasteiger partial charge in [0.15, 0.2) is 5.16 Å².